The summed E-state index contributed by atoms with van der Waals surface area (Å²) < 4.78 is 0. The van der Waals surface area contributed by atoms with Crippen LogP contribution in [-0.2, 0) is 9.59 Å². The second-order valence-corrected chi connectivity index (χ2v) is 7.20. The minimum absolute atomic E-state index is 0.0420. The molecule has 1 unspecified atom stereocenters. The third kappa shape index (κ3) is 3.83. The zero-order valence-electron chi connectivity index (χ0n) is 13.5. The Morgan fingerprint density at radius 3 is 2.74 bits per heavy atom. The van der Waals surface area contributed by atoms with Gasteiger partial charge in [0.2, 0.25) is 11.8 Å². The predicted octanol–water partition coefficient (Wildman–Crippen LogP) is 1.49. The highest BCUT2D eigenvalue weighted by atomic mass is 32.1. The van der Waals surface area contributed by atoms with Crippen molar-refractivity contribution in [1.29, 1.82) is 0 Å². The van der Waals surface area contributed by atoms with E-state index in [1.54, 1.807) is 18.3 Å². The van der Waals surface area contributed by atoms with Crippen LogP contribution in [0.2, 0.25) is 0 Å². The molecular weight excluding hydrogens is 312 g/mol. The Kier molecular flexibility index (Phi) is 5.15. The average Bonchev–Trinajstić information content (AvgIpc) is 3.23. The molecule has 1 N–H and O–H groups in total. The third-order valence-electron chi connectivity index (χ3n) is 4.87. The van der Waals surface area contributed by atoms with Crippen molar-refractivity contribution in [2.24, 2.45) is 5.92 Å². The molecule has 0 radical (unpaired) electrons. The first-order valence-corrected chi connectivity index (χ1v) is 9.22. The summed E-state index contributed by atoms with van der Waals surface area (Å²) in [6.45, 7) is 4.69. The number of rotatable bonds is 4. The molecule has 1 atom stereocenters. The second-order valence-electron chi connectivity index (χ2n) is 6.33. The largest absolute Gasteiger partial charge is 0.354 e. The van der Waals surface area contributed by atoms with Gasteiger partial charge >= 0.3 is 0 Å². The number of nitrogens with one attached hydrogen (secondary N) is 1. The van der Waals surface area contributed by atoms with Crippen LogP contribution in [0.4, 0.5) is 5.13 Å². The van der Waals surface area contributed by atoms with E-state index < -0.39 is 0 Å². The van der Waals surface area contributed by atoms with Crippen molar-refractivity contribution < 1.29 is 9.59 Å². The van der Waals surface area contributed by atoms with Crippen LogP contribution < -0.4 is 10.2 Å². The Hall–Kier alpha value is -1.63. The fourth-order valence-electron chi connectivity index (χ4n) is 3.48. The summed E-state index contributed by atoms with van der Waals surface area (Å²) in [7, 11) is 0. The number of amides is 2. The maximum absolute atomic E-state index is 12.4. The first kappa shape index (κ1) is 16.2. The molecule has 0 aromatic carbocycles. The molecule has 23 heavy (non-hydrogen) atoms. The molecule has 2 saturated heterocycles. The maximum atomic E-state index is 12.4. The van der Waals surface area contributed by atoms with Gasteiger partial charge in [0.15, 0.2) is 5.13 Å². The number of likely N-dealkylation sites (tertiary alicyclic amines) is 1. The lowest BCUT2D eigenvalue weighted by Gasteiger charge is -2.31. The highest BCUT2D eigenvalue weighted by Crippen LogP contribution is 2.27. The van der Waals surface area contributed by atoms with Crippen molar-refractivity contribution in [2.45, 2.75) is 38.6 Å². The molecule has 1 aromatic heterocycles. The van der Waals surface area contributed by atoms with E-state index in [-0.39, 0.29) is 17.7 Å². The monoisotopic (exact) mass is 336 g/mol. The molecule has 2 aliphatic rings. The summed E-state index contributed by atoms with van der Waals surface area (Å²) in [4.78, 5) is 32.2. The lowest BCUT2D eigenvalue weighted by Crippen LogP contribution is -2.45. The zero-order chi connectivity index (χ0) is 16.2. The fraction of sp³-hybridized carbons (Fsp3) is 0.688. The number of nitrogens with zero attached hydrogens (tertiary/aromatic N) is 3. The lowest BCUT2D eigenvalue weighted by molar-refractivity contribution is -0.133. The van der Waals surface area contributed by atoms with Crippen molar-refractivity contribution in [3.8, 4) is 0 Å². The molecule has 7 heteroatoms. The fourth-order valence-corrected chi connectivity index (χ4v) is 4.22. The first-order chi connectivity index (χ1) is 11.1. The summed E-state index contributed by atoms with van der Waals surface area (Å²) in [6, 6.07) is 0.349. The van der Waals surface area contributed by atoms with Gasteiger partial charge in [0.25, 0.3) is 0 Å². The van der Waals surface area contributed by atoms with Gasteiger partial charge in [-0.25, -0.2) is 4.98 Å². The van der Waals surface area contributed by atoms with Gasteiger partial charge < -0.3 is 15.1 Å². The number of aromatic nitrogens is 1. The van der Waals surface area contributed by atoms with E-state index in [1.807, 2.05) is 16.5 Å². The topological polar surface area (TPSA) is 65.5 Å². The van der Waals surface area contributed by atoms with Gasteiger partial charge in [-0.2, -0.15) is 0 Å². The summed E-state index contributed by atoms with van der Waals surface area (Å²) >= 11 is 1.65. The molecule has 0 aliphatic carbocycles. The summed E-state index contributed by atoms with van der Waals surface area (Å²) in [5, 5.41) is 6.17. The van der Waals surface area contributed by atoms with Gasteiger partial charge in [-0.15, -0.1) is 11.3 Å². The number of hydrogen-bond acceptors (Lipinski definition) is 5. The molecular formula is C16H24N4O2S. The van der Waals surface area contributed by atoms with Crippen LogP contribution in [0.1, 0.15) is 32.6 Å². The summed E-state index contributed by atoms with van der Waals surface area (Å²) in [6.07, 6.45) is 5.62. The lowest BCUT2D eigenvalue weighted by atomic mass is 9.96. The molecule has 3 heterocycles. The molecule has 0 bridgehead atoms. The zero-order valence-corrected chi connectivity index (χ0v) is 14.3. The maximum Gasteiger partial charge on any atom is 0.223 e. The van der Waals surface area contributed by atoms with Gasteiger partial charge in [-0.1, -0.05) is 0 Å². The average molecular weight is 336 g/mol. The van der Waals surface area contributed by atoms with Crippen LogP contribution >= 0.6 is 11.3 Å². The van der Waals surface area contributed by atoms with Crippen molar-refractivity contribution in [3.63, 3.8) is 0 Å². The number of thiazole rings is 1. The normalized spacial score (nSPS) is 22.4. The molecule has 6 nitrogen and oxygen atoms in total. The Morgan fingerprint density at radius 2 is 2.09 bits per heavy atom. The molecule has 2 amide bonds. The molecule has 0 spiro atoms. The van der Waals surface area contributed by atoms with Gasteiger partial charge in [-0.3, -0.25) is 9.59 Å². The standard InChI is InChI=1S/C16H24N4O2S/c1-12(21)19-8-4-13(5-9-19)15(22)18-11-14-3-2-7-20(14)16-17-6-10-23-16/h6,10,13-14H,2-5,7-9,11H2,1H3,(H,18,22). The second kappa shape index (κ2) is 7.29. The third-order valence-corrected chi connectivity index (χ3v) is 5.67. The smallest absolute Gasteiger partial charge is 0.223 e. The van der Waals surface area contributed by atoms with E-state index in [9.17, 15) is 9.59 Å². The van der Waals surface area contributed by atoms with Crippen LogP contribution in [0.5, 0.6) is 0 Å². The molecule has 0 saturated carbocycles. The minimum atomic E-state index is 0.0420. The summed E-state index contributed by atoms with van der Waals surface area (Å²) in [5.74, 6) is 0.286. The van der Waals surface area contributed by atoms with Gasteiger partial charge in [-0.05, 0) is 25.7 Å². The van der Waals surface area contributed by atoms with Gasteiger partial charge in [0.05, 0.1) is 0 Å². The van der Waals surface area contributed by atoms with Gasteiger partial charge in [0, 0.05) is 56.6 Å². The van der Waals surface area contributed by atoms with E-state index in [1.165, 1.54) is 0 Å². The predicted molar refractivity (Wildman–Crippen MR) is 90.5 cm³/mol. The summed E-state index contributed by atoms with van der Waals surface area (Å²) in [5.41, 5.74) is 0. The molecule has 126 valence electrons. The SMILES string of the molecule is CC(=O)N1CCC(C(=O)NCC2CCCN2c2nccs2)CC1. The minimum Gasteiger partial charge on any atom is -0.354 e. The van der Waals surface area contributed by atoms with E-state index in [0.717, 1.165) is 37.4 Å². The van der Waals surface area contributed by atoms with E-state index >= 15 is 0 Å². The molecule has 2 fully saturated rings. The van der Waals surface area contributed by atoms with Crippen molar-refractivity contribution in [3.05, 3.63) is 11.6 Å². The number of hydrogen-bond donors (Lipinski definition) is 1. The number of carbonyl (C=O) groups is 2. The van der Waals surface area contributed by atoms with Crippen LogP contribution in [0.25, 0.3) is 0 Å². The van der Waals surface area contributed by atoms with Crippen LogP contribution in [-0.4, -0.2) is 53.9 Å². The van der Waals surface area contributed by atoms with Crippen LogP contribution in [0.3, 0.4) is 0 Å². The first-order valence-electron chi connectivity index (χ1n) is 8.34. The molecule has 2 aliphatic heterocycles. The Balaban J connectivity index is 1.47. The van der Waals surface area contributed by atoms with Crippen LogP contribution in [0.15, 0.2) is 11.6 Å². The highest BCUT2D eigenvalue weighted by molar-refractivity contribution is 7.13. The van der Waals surface area contributed by atoms with Crippen LogP contribution in [0, 0.1) is 5.92 Å². The number of piperidine rings is 1. The molecule has 3 rings (SSSR count). The van der Waals surface area contributed by atoms with Gasteiger partial charge in [0.1, 0.15) is 0 Å². The Morgan fingerprint density at radius 1 is 1.30 bits per heavy atom. The molecule has 1 aromatic rings. The van der Waals surface area contributed by atoms with E-state index in [0.29, 0.717) is 25.7 Å². The van der Waals surface area contributed by atoms with Crippen molar-refractivity contribution in [1.82, 2.24) is 15.2 Å². The number of carbonyl (C=O) groups excluding carboxylic acids is 2. The Labute approximate surface area is 140 Å². The van der Waals surface area contributed by atoms with Crippen molar-refractivity contribution >= 4 is 28.3 Å². The van der Waals surface area contributed by atoms with E-state index in [2.05, 4.69) is 15.2 Å². The van der Waals surface area contributed by atoms with Crippen molar-refractivity contribution in [2.75, 3.05) is 31.1 Å². The number of anilines is 1. The quantitative estimate of drug-likeness (QED) is 0.905. The Bertz CT molecular complexity index is 540. The van der Waals surface area contributed by atoms with E-state index in [4.69, 9.17) is 0 Å². The highest BCUT2D eigenvalue weighted by Gasteiger charge is 2.29.